The van der Waals surface area contributed by atoms with Crippen LogP contribution in [0.5, 0.6) is 0 Å². The largest absolute Gasteiger partial charge is 0.351 e. The van der Waals surface area contributed by atoms with E-state index < -0.39 is 0 Å². The molecular weight excluding hydrogens is 344 g/mol. The molecular formula is C18H15ClN2S2. The second-order valence-electron chi connectivity index (χ2n) is 4.96. The van der Waals surface area contributed by atoms with Gasteiger partial charge in [-0.15, -0.1) is 11.3 Å². The minimum absolute atomic E-state index is 0.0310. The Bertz CT molecular complexity index is 755. The molecule has 0 saturated heterocycles. The van der Waals surface area contributed by atoms with Crippen molar-refractivity contribution in [2.75, 3.05) is 5.32 Å². The first-order valence-electron chi connectivity index (χ1n) is 7.14. The smallest absolute Gasteiger partial charge is 0.171 e. The third kappa shape index (κ3) is 4.32. The first-order chi connectivity index (χ1) is 11.2. The van der Waals surface area contributed by atoms with Crippen LogP contribution >= 0.6 is 35.2 Å². The van der Waals surface area contributed by atoms with Crippen LogP contribution in [-0.4, -0.2) is 5.11 Å². The van der Waals surface area contributed by atoms with Gasteiger partial charge in [-0.05, 0) is 53.5 Å². The maximum absolute atomic E-state index is 5.91. The van der Waals surface area contributed by atoms with Gasteiger partial charge in [0.05, 0.1) is 6.04 Å². The van der Waals surface area contributed by atoms with Crippen LogP contribution in [0.15, 0.2) is 72.1 Å². The van der Waals surface area contributed by atoms with Crippen LogP contribution in [-0.2, 0) is 0 Å². The molecule has 0 amide bonds. The molecule has 1 heterocycles. The molecule has 5 heteroatoms. The Morgan fingerprint density at radius 2 is 1.70 bits per heavy atom. The van der Waals surface area contributed by atoms with Crippen molar-refractivity contribution in [3.05, 3.63) is 87.6 Å². The van der Waals surface area contributed by atoms with Crippen molar-refractivity contribution in [2.24, 2.45) is 0 Å². The summed E-state index contributed by atoms with van der Waals surface area (Å²) >= 11 is 13.1. The van der Waals surface area contributed by atoms with Crippen LogP contribution in [0.4, 0.5) is 5.69 Å². The summed E-state index contributed by atoms with van der Waals surface area (Å²) in [6.45, 7) is 0. The molecule has 0 unspecified atom stereocenters. The van der Waals surface area contributed by atoms with E-state index in [0.29, 0.717) is 10.1 Å². The Kier molecular flexibility index (Phi) is 5.28. The molecule has 3 aromatic rings. The number of thiocarbonyl (C=S) groups is 1. The maximum Gasteiger partial charge on any atom is 0.171 e. The second-order valence-corrected chi connectivity index (χ2v) is 6.79. The lowest BCUT2D eigenvalue weighted by Gasteiger charge is -2.20. The van der Waals surface area contributed by atoms with Crippen molar-refractivity contribution in [1.82, 2.24) is 5.32 Å². The molecule has 0 aliphatic carbocycles. The predicted molar refractivity (Wildman–Crippen MR) is 103 cm³/mol. The van der Waals surface area contributed by atoms with E-state index in [1.807, 2.05) is 48.5 Å². The molecule has 23 heavy (non-hydrogen) atoms. The molecule has 0 spiro atoms. The summed E-state index contributed by atoms with van der Waals surface area (Å²) in [4.78, 5) is 1.22. The van der Waals surface area contributed by atoms with Gasteiger partial charge >= 0.3 is 0 Å². The fourth-order valence-electron chi connectivity index (χ4n) is 2.25. The second kappa shape index (κ2) is 7.59. The number of nitrogens with one attached hydrogen (secondary N) is 2. The topological polar surface area (TPSA) is 24.1 Å². The van der Waals surface area contributed by atoms with E-state index in [2.05, 4.69) is 34.2 Å². The molecule has 0 saturated carbocycles. The zero-order valence-corrected chi connectivity index (χ0v) is 14.6. The fourth-order valence-corrected chi connectivity index (χ4v) is 3.42. The van der Waals surface area contributed by atoms with E-state index in [-0.39, 0.29) is 6.04 Å². The van der Waals surface area contributed by atoms with Gasteiger partial charge in [-0.25, -0.2) is 0 Å². The van der Waals surface area contributed by atoms with Gasteiger partial charge in [0.1, 0.15) is 0 Å². The molecule has 3 rings (SSSR count). The van der Waals surface area contributed by atoms with Crippen LogP contribution in [0.2, 0.25) is 5.02 Å². The minimum atomic E-state index is 0.0310. The van der Waals surface area contributed by atoms with Crippen LogP contribution < -0.4 is 10.6 Å². The van der Waals surface area contributed by atoms with Crippen LogP contribution in [0.25, 0.3) is 0 Å². The number of halogens is 1. The van der Waals surface area contributed by atoms with Crippen molar-refractivity contribution in [2.45, 2.75) is 6.04 Å². The molecule has 0 radical (unpaired) electrons. The van der Waals surface area contributed by atoms with E-state index in [0.717, 1.165) is 5.69 Å². The molecule has 1 aromatic heterocycles. The summed E-state index contributed by atoms with van der Waals surface area (Å²) in [7, 11) is 0. The summed E-state index contributed by atoms with van der Waals surface area (Å²) in [6, 6.07) is 21.9. The van der Waals surface area contributed by atoms with Gasteiger partial charge in [0.25, 0.3) is 0 Å². The lowest BCUT2D eigenvalue weighted by molar-refractivity contribution is 0.784. The van der Waals surface area contributed by atoms with Gasteiger partial charge in [0.2, 0.25) is 0 Å². The third-order valence-electron chi connectivity index (χ3n) is 3.34. The molecule has 0 bridgehead atoms. The summed E-state index contributed by atoms with van der Waals surface area (Å²) in [5.41, 5.74) is 2.08. The lowest BCUT2D eigenvalue weighted by atomic mass is 10.1. The summed E-state index contributed by atoms with van der Waals surface area (Å²) in [5.74, 6) is 0. The van der Waals surface area contributed by atoms with E-state index in [9.17, 15) is 0 Å². The van der Waals surface area contributed by atoms with Gasteiger partial charge in [-0.3, -0.25) is 0 Å². The molecule has 0 aliphatic heterocycles. The SMILES string of the molecule is S=C(Nc1ccc(Cl)cc1)N[C@@H](c1ccccc1)c1cccs1. The minimum Gasteiger partial charge on any atom is -0.351 e. The zero-order chi connectivity index (χ0) is 16.1. The quantitative estimate of drug-likeness (QED) is 0.604. The third-order valence-corrected chi connectivity index (χ3v) is 4.75. The van der Waals surface area contributed by atoms with E-state index in [1.54, 1.807) is 11.3 Å². The predicted octanol–water partition coefficient (Wildman–Crippen LogP) is 5.48. The first-order valence-corrected chi connectivity index (χ1v) is 8.80. The van der Waals surface area contributed by atoms with Crippen molar-refractivity contribution < 1.29 is 0 Å². The fraction of sp³-hybridized carbons (Fsp3) is 0.0556. The van der Waals surface area contributed by atoms with Gasteiger partial charge in [0.15, 0.2) is 5.11 Å². The maximum atomic E-state index is 5.91. The van der Waals surface area contributed by atoms with E-state index >= 15 is 0 Å². The van der Waals surface area contributed by atoms with Gasteiger partial charge in [-0.1, -0.05) is 48.0 Å². The van der Waals surface area contributed by atoms with Crippen molar-refractivity contribution >= 4 is 46.0 Å². The summed E-state index contributed by atoms with van der Waals surface area (Å²) in [6.07, 6.45) is 0. The van der Waals surface area contributed by atoms with Crippen LogP contribution in [0, 0.1) is 0 Å². The zero-order valence-electron chi connectivity index (χ0n) is 12.2. The van der Waals surface area contributed by atoms with Gasteiger partial charge < -0.3 is 10.6 Å². The molecule has 2 aromatic carbocycles. The van der Waals surface area contributed by atoms with Gasteiger partial charge in [0, 0.05) is 15.6 Å². The Labute approximate surface area is 150 Å². The highest BCUT2D eigenvalue weighted by atomic mass is 35.5. The Morgan fingerprint density at radius 1 is 0.957 bits per heavy atom. The van der Waals surface area contributed by atoms with Crippen LogP contribution in [0.1, 0.15) is 16.5 Å². The van der Waals surface area contributed by atoms with Crippen molar-refractivity contribution in [1.29, 1.82) is 0 Å². The highest BCUT2D eigenvalue weighted by Gasteiger charge is 2.16. The monoisotopic (exact) mass is 358 g/mol. The lowest BCUT2D eigenvalue weighted by Crippen LogP contribution is -2.32. The normalized spacial score (nSPS) is 11.7. The first kappa shape index (κ1) is 16.0. The Morgan fingerprint density at radius 3 is 2.35 bits per heavy atom. The number of thiophene rings is 1. The van der Waals surface area contributed by atoms with E-state index in [1.165, 1.54) is 10.4 Å². The number of hydrogen-bond donors (Lipinski definition) is 2. The average molecular weight is 359 g/mol. The highest BCUT2D eigenvalue weighted by Crippen LogP contribution is 2.26. The molecule has 2 N–H and O–H groups in total. The Hall–Kier alpha value is -1.88. The number of benzene rings is 2. The molecule has 2 nitrogen and oxygen atoms in total. The summed E-state index contributed by atoms with van der Waals surface area (Å²) in [5, 5.41) is 9.95. The Balaban J connectivity index is 1.76. The number of hydrogen-bond acceptors (Lipinski definition) is 2. The molecule has 0 fully saturated rings. The van der Waals surface area contributed by atoms with E-state index in [4.69, 9.17) is 23.8 Å². The summed E-state index contributed by atoms with van der Waals surface area (Å²) < 4.78 is 0. The number of anilines is 1. The van der Waals surface area contributed by atoms with Gasteiger partial charge in [-0.2, -0.15) is 0 Å². The van der Waals surface area contributed by atoms with Crippen molar-refractivity contribution in [3.63, 3.8) is 0 Å². The molecule has 0 aliphatic rings. The molecule has 116 valence electrons. The standard InChI is InChI=1S/C18H15ClN2S2/c19-14-8-10-15(11-9-14)20-18(22)21-17(16-7-4-12-23-16)13-5-2-1-3-6-13/h1-12,17H,(H2,20,21,22)/t17-/m0/s1. The van der Waals surface area contributed by atoms with Crippen molar-refractivity contribution in [3.8, 4) is 0 Å². The number of rotatable bonds is 4. The molecule has 1 atom stereocenters. The highest BCUT2D eigenvalue weighted by molar-refractivity contribution is 7.80. The van der Waals surface area contributed by atoms with Crippen LogP contribution in [0.3, 0.4) is 0 Å². The average Bonchev–Trinajstić information content (AvgIpc) is 3.10.